The number of aryl methyl sites for hydroxylation is 1. The fourth-order valence-electron chi connectivity index (χ4n) is 2.19. The van der Waals surface area contributed by atoms with Gasteiger partial charge in [-0.1, -0.05) is 0 Å². The number of methoxy groups -OCH3 is 1. The number of hydrogen-bond acceptors (Lipinski definition) is 4. The molecule has 0 saturated carbocycles. The van der Waals surface area contributed by atoms with Gasteiger partial charge >= 0.3 is 0 Å². The molecule has 0 aliphatic rings. The maximum atomic E-state index is 14.4. The summed E-state index contributed by atoms with van der Waals surface area (Å²) < 4.78 is 20.8. The van der Waals surface area contributed by atoms with Gasteiger partial charge in [0.15, 0.2) is 0 Å². The Morgan fingerprint density at radius 3 is 2.57 bits per heavy atom. The Kier molecular flexibility index (Phi) is 4.95. The average Bonchev–Trinajstić information content (AvgIpc) is 2.84. The van der Waals surface area contributed by atoms with E-state index in [9.17, 15) is 9.50 Å². The summed E-state index contributed by atoms with van der Waals surface area (Å²) in [5.74, 6) is 0.229. The molecule has 23 heavy (non-hydrogen) atoms. The maximum Gasteiger partial charge on any atom is 0.224 e. The zero-order valence-corrected chi connectivity index (χ0v) is 13.1. The molecule has 2 aromatic carbocycles. The van der Waals surface area contributed by atoms with E-state index in [2.05, 4.69) is 5.10 Å². The van der Waals surface area contributed by atoms with Crippen molar-refractivity contribution in [3.05, 3.63) is 47.9 Å². The van der Waals surface area contributed by atoms with Gasteiger partial charge in [-0.25, -0.2) is 4.68 Å². The normalized spacial score (nSPS) is 10.1. The summed E-state index contributed by atoms with van der Waals surface area (Å²) in [6.45, 7) is 3.31. The molecule has 0 saturated heterocycles. The van der Waals surface area contributed by atoms with Gasteiger partial charge in [-0.05, 0) is 55.8 Å². The second-order valence-electron chi connectivity index (χ2n) is 4.79. The molecule has 0 aliphatic heterocycles. The molecule has 0 atom stereocenters. The SMILES string of the molecule is CC=O.COc1ccc(-n2nc3ccc(O)cc3c2F)c(C)c1. The molecular formula is C17H17FN2O3. The van der Waals surface area contributed by atoms with Crippen LogP contribution in [0.3, 0.4) is 0 Å². The lowest BCUT2D eigenvalue weighted by Gasteiger charge is -2.08. The smallest absolute Gasteiger partial charge is 0.224 e. The minimum Gasteiger partial charge on any atom is -0.508 e. The highest BCUT2D eigenvalue weighted by molar-refractivity contribution is 5.81. The zero-order valence-electron chi connectivity index (χ0n) is 13.1. The third-order valence-corrected chi connectivity index (χ3v) is 3.23. The zero-order chi connectivity index (χ0) is 17.0. The molecule has 120 valence electrons. The number of rotatable bonds is 2. The first-order valence-electron chi connectivity index (χ1n) is 6.93. The van der Waals surface area contributed by atoms with Crippen molar-refractivity contribution in [1.82, 2.24) is 9.78 Å². The van der Waals surface area contributed by atoms with Crippen LogP contribution in [0, 0.1) is 12.9 Å². The number of halogens is 1. The molecule has 0 aliphatic carbocycles. The summed E-state index contributed by atoms with van der Waals surface area (Å²) in [6, 6.07) is 9.77. The van der Waals surface area contributed by atoms with Crippen LogP contribution in [0.25, 0.3) is 16.6 Å². The monoisotopic (exact) mass is 316 g/mol. The third kappa shape index (κ3) is 3.31. The van der Waals surface area contributed by atoms with Crippen molar-refractivity contribution in [1.29, 1.82) is 0 Å². The summed E-state index contributed by atoms with van der Waals surface area (Å²) in [5, 5.41) is 14.0. The molecule has 3 aromatic rings. The molecule has 3 rings (SSSR count). The van der Waals surface area contributed by atoms with E-state index in [1.807, 2.05) is 13.0 Å². The standard InChI is InChI=1S/C15H13FN2O2.C2H4O/c1-9-7-11(20-2)4-6-14(9)18-15(16)12-8-10(19)3-5-13(12)17-18;1-2-3/h3-8,19H,1-2H3;2H,1H3. The van der Waals surface area contributed by atoms with Crippen LogP contribution in [0.4, 0.5) is 4.39 Å². The average molecular weight is 316 g/mol. The third-order valence-electron chi connectivity index (χ3n) is 3.23. The van der Waals surface area contributed by atoms with E-state index in [1.54, 1.807) is 25.3 Å². The van der Waals surface area contributed by atoms with Gasteiger partial charge in [0.1, 0.15) is 17.8 Å². The van der Waals surface area contributed by atoms with Crippen LogP contribution in [-0.2, 0) is 4.79 Å². The van der Waals surface area contributed by atoms with E-state index in [-0.39, 0.29) is 5.75 Å². The molecule has 6 heteroatoms. The topological polar surface area (TPSA) is 64.4 Å². The van der Waals surface area contributed by atoms with Crippen LogP contribution in [0.1, 0.15) is 12.5 Å². The lowest BCUT2D eigenvalue weighted by molar-refractivity contribution is -0.106. The molecule has 0 amide bonds. The van der Waals surface area contributed by atoms with Gasteiger partial charge in [0.05, 0.1) is 23.7 Å². The van der Waals surface area contributed by atoms with Crippen molar-refractivity contribution in [3.63, 3.8) is 0 Å². The van der Waals surface area contributed by atoms with Crippen LogP contribution in [0.5, 0.6) is 11.5 Å². The van der Waals surface area contributed by atoms with Gasteiger partial charge < -0.3 is 14.6 Å². The number of phenols is 1. The number of nitrogens with zero attached hydrogens (tertiary/aromatic N) is 2. The molecule has 5 nitrogen and oxygen atoms in total. The van der Waals surface area contributed by atoms with Crippen molar-refractivity contribution in [2.24, 2.45) is 0 Å². The highest BCUT2D eigenvalue weighted by Crippen LogP contribution is 2.26. The number of aromatic hydroxyl groups is 1. The summed E-state index contributed by atoms with van der Waals surface area (Å²) in [7, 11) is 1.58. The molecule has 0 spiro atoms. The number of phenolic OH excluding ortho intramolecular Hbond substituents is 1. The summed E-state index contributed by atoms with van der Waals surface area (Å²) in [5.41, 5.74) is 1.98. The van der Waals surface area contributed by atoms with Gasteiger partial charge in [0.25, 0.3) is 0 Å². The quantitative estimate of drug-likeness (QED) is 0.736. The van der Waals surface area contributed by atoms with Gasteiger partial charge in [-0.3, -0.25) is 0 Å². The summed E-state index contributed by atoms with van der Waals surface area (Å²) in [4.78, 5) is 8.81. The van der Waals surface area contributed by atoms with Gasteiger partial charge in [0.2, 0.25) is 5.95 Å². The predicted molar refractivity (Wildman–Crippen MR) is 85.7 cm³/mol. The van der Waals surface area contributed by atoms with Crippen LogP contribution in [0.15, 0.2) is 36.4 Å². The number of carbonyl (C=O) groups is 1. The number of aldehydes is 1. The van der Waals surface area contributed by atoms with E-state index in [1.165, 1.54) is 23.7 Å². The number of benzene rings is 2. The minimum atomic E-state index is -0.496. The van der Waals surface area contributed by atoms with Crippen molar-refractivity contribution in [2.45, 2.75) is 13.8 Å². The number of fused-ring (bicyclic) bond motifs is 1. The van der Waals surface area contributed by atoms with Crippen LogP contribution in [-0.4, -0.2) is 28.3 Å². The van der Waals surface area contributed by atoms with E-state index in [0.29, 0.717) is 22.3 Å². The van der Waals surface area contributed by atoms with Crippen molar-refractivity contribution in [2.75, 3.05) is 7.11 Å². The molecule has 0 unspecified atom stereocenters. The largest absolute Gasteiger partial charge is 0.508 e. The summed E-state index contributed by atoms with van der Waals surface area (Å²) >= 11 is 0. The van der Waals surface area contributed by atoms with Gasteiger partial charge in [0, 0.05) is 0 Å². The number of carbonyl (C=O) groups excluding carboxylic acids is 1. The maximum absolute atomic E-state index is 14.4. The first kappa shape index (κ1) is 16.5. The Balaban J connectivity index is 0.000000595. The summed E-state index contributed by atoms with van der Waals surface area (Å²) in [6.07, 6.45) is 0.750. The molecule has 0 radical (unpaired) electrons. The van der Waals surface area contributed by atoms with Crippen LogP contribution < -0.4 is 4.74 Å². The number of aromatic nitrogens is 2. The first-order chi connectivity index (χ1) is 11.0. The van der Waals surface area contributed by atoms with Crippen LogP contribution >= 0.6 is 0 Å². The first-order valence-corrected chi connectivity index (χ1v) is 6.93. The lowest BCUT2D eigenvalue weighted by atomic mass is 10.2. The molecule has 0 fully saturated rings. The fourth-order valence-corrected chi connectivity index (χ4v) is 2.19. The second kappa shape index (κ2) is 6.91. The van der Waals surface area contributed by atoms with Crippen LogP contribution in [0.2, 0.25) is 0 Å². The van der Waals surface area contributed by atoms with Crippen molar-refractivity contribution < 1.29 is 19.0 Å². The van der Waals surface area contributed by atoms with Crippen molar-refractivity contribution >= 4 is 17.2 Å². The number of ether oxygens (including phenoxy) is 1. The number of hydrogen-bond donors (Lipinski definition) is 1. The fraction of sp³-hybridized carbons (Fsp3) is 0.176. The predicted octanol–water partition coefficient (Wildman–Crippen LogP) is 3.39. The highest BCUT2D eigenvalue weighted by Gasteiger charge is 2.14. The van der Waals surface area contributed by atoms with E-state index >= 15 is 0 Å². The van der Waals surface area contributed by atoms with Crippen molar-refractivity contribution in [3.8, 4) is 17.2 Å². The lowest BCUT2D eigenvalue weighted by Crippen LogP contribution is -2.02. The Hall–Kier alpha value is -2.89. The molecule has 1 heterocycles. The Morgan fingerprint density at radius 2 is 1.96 bits per heavy atom. The van der Waals surface area contributed by atoms with E-state index < -0.39 is 5.95 Å². The Labute approximate surface area is 132 Å². The Morgan fingerprint density at radius 1 is 1.26 bits per heavy atom. The molecule has 1 N–H and O–H groups in total. The van der Waals surface area contributed by atoms with Gasteiger partial charge in [-0.15, -0.1) is 0 Å². The highest BCUT2D eigenvalue weighted by atomic mass is 19.1. The van der Waals surface area contributed by atoms with E-state index in [0.717, 1.165) is 11.8 Å². The Bertz CT molecular complexity index is 843. The molecule has 0 bridgehead atoms. The molecule has 1 aromatic heterocycles. The minimum absolute atomic E-state index is 0.0161. The second-order valence-corrected chi connectivity index (χ2v) is 4.79. The van der Waals surface area contributed by atoms with E-state index in [4.69, 9.17) is 9.53 Å². The van der Waals surface area contributed by atoms with Gasteiger partial charge in [-0.2, -0.15) is 9.49 Å². The molecular weight excluding hydrogens is 299 g/mol.